The standard InChI is InChI=1S/C21H23NO7/c1-2-28-15-7-5-14(6-8-15)19(24)17-18(16-4-3-11-29-16)22(21(26)20(17)25)9-12-27-13-10-23/h3-8,11,18,23-24H,2,9-10,12-13H2,1H3/b19-17+. The van der Waals surface area contributed by atoms with Crippen molar-refractivity contribution in [1.29, 1.82) is 0 Å². The van der Waals surface area contributed by atoms with Gasteiger partial charge in [0.25, 0.3) is 11.7 Å². The molecule has 2 heterocycles. The molecule has 1 amide bonds. The van der Waals surface area contributed by atoms with Gasteiger partial charge in [0.05, 0.1) is 38.3 Å². The van der Waals surface area contributed by atoms with Crippen molar-refractivity contribution in [2.45, 2.75) is 13.0 Å². The van der Waals surface area contributed by atoms with Crippen LogP contribution in [-0.4, -0.2) is 59.8 Å². The van der Waals surface area contributed by atoms with E-state index < -0.39 is 17.7 Å². The van der Waals surface area contributed by atoms with E-state index in [1.54, 1.807) is 36.4 Å². The molecule has 2 aromatic rings. The molecule has 0 bridgehead atoms. The third-order valence-electron chi connectivity index (χ3n) is 4.50. The fourth-order valence-electron chi connectivity index (χ4n) is 3.21. The molecule has 1 atom stereocenters. The van der Waals surface area contributed by atoms with Crippen molar-refractivity contribution in [3.05, 3.63) is 59.6 Å². The number of Topliss-reactive ketones (excluding diaryl/α,β-unsaturated/α-hetero) is 1. The van der Waals surface area contributed by atoms with Crippen molar-refractivity contribution >= 4 is 17.4 Å². The summed E-state index contributed by atoms with van der Waals surface area (Å²) in [6.45, 7) is 2.60. The van der Waals surface area contributed by atoms with Gasteiger partial charge in [0.2, 0.25) is 0 Å². The number of carbonyl (C=O) groups is 2. The van der Waals surface area contributed by atoms with Crippen LogP contribution in [-0.2, 0) is 14.3 Å². The second kappa shape index (κ2) is 9.40. The summed E-state index contributed by atoms with van der Waals surface area (Å²) in [4.78, 5) is 26.7. The number of nitrogens with zero attached hydrogens (tertiary/aromatic N) is 1. The number of aliphatic hydroxyl groups excluding tert-OH is 2. The third kappa shape index (κ3) is 4.33. The van der Waals surface area contributed by atoms with Gasteiger partial charge in [-0.1, -0.05) is 0 Å². The highest BCUT2D eigenvalue weighted by atomic mass is 16.5. The predicted octanol–water partition coefficient (Wildman–Crippen LogP) is 2.11. The second-order valence-corrected chi connectivity index (χ2v) is 6.30. The average Bonchev–Trinajstić information content (AvgIpc) is 3.34. The van der Waals surface area contributed by atoms with Crippen LogP contribution in [0.25, 0.3) is 5.76 Å². The first kappa shape index (κ1) is 20.6. The number of hydrogen-bond donors (Lipinski definition) is 2. The molecule has 1 unspecified atom stereocenters. The van der Waals surface area contributed by atoms with E-state index in [9.17, 15) is 14.7 Å². The SMILES string of the molecule is CCOc1ccc(/C(O)=C2\C(=O)C(=O)N(CCOCCO)C2c2ccco2)cc1. The molecule has 0 spiro atoms. The van der Waals surface area contributed by atoms with Crippen LogP contribution in [0.2, 0.25) is 0 Å². The van der Waals surface area contributed by atoms with E-state index in [4.69, 9.17) is 19.0 Å². The maximum Gasteiger partial charge on any atom is 0.295 e. The van der Waals surface area contributed by atoms with Crippen molar-refractivity contribution in [3.63, 3.8) is 0 Å². The molecule has 3 rings (SSSR count). The Kier molecular flexibility index (Phi) is 6.69. The van der Waals surface area contributed by atoms with Gasteiger partial charge in [0.1, 0.15) is 23.3 Å². The molecule has 1 saturated heterocycles. The van der Waals surface area contributed by atoms with Gasteiger partial charge in [-0.25, -0.2) is 0 Å². The van der Waals surface area contributed by atoms with E-state index >= 15 is 0 Å². The number of ketones is 1. The highest BCUT2D eigenvalue weighted by Crippen LogP contribution is 2.39. The van der Waals surface area contributed by atoms with Crippen LogP contribution >= 0.6 is 0 Å². The molecule has 8 heteroatoms. The lowest BCUT2D eigenvalue weighted by molar-refractivity contribution is -0.140. The van der Waals surface area contributed by atoms with E-state index in [0.29, 0.717) is 23.7 Å². The first-order valence-corrected chi connectivity index (χ1v) is 9.32. The Morgan fingerprint density at radius 3 is 2.55 bits per heavy atom. The predicted molar refractivity (Wildman–Crippen MR) is 103 cm³/mol. The molecule has 8 nitrogen and oxygen atoms in total. The topological polar surface area (TPSA) is 109 Å². The fraction of sp³-hybridized carbons (Fsp3) is 0.333. The molecule has 1 aromatic heterocycles. The molecule has 1 fully saturated rings. The smallest absolute Gasteiger partial charge is 0.295 e. The van der Waals surface area contributed by atoms with Gasteiger partial charge in [-0.3, -0.25) is 9.59 Å². The van der Waals surface area contributed by atoms with Crippen LogP contribution < -0.4 is 4.74 Å². The summed E-state index contributed by atoms with van der Waals surface area (Å²) in [7, 11) is 0. The van der Waals surface area contributed by atoms with E-state index in [1.165, 1.54) is 11.2 Å². The van der Waals surface area contributed by atoms with Gasteiger partial charge in [-0.15, -0.1) is 0 Å². The largest absolute Gasteiger partial charge is 0.507 e. The maximum atomic E-state index is 12.7. The summed E-state index contributed by atoms with van der Waals surface area (Å²) in [6, 6.07) is 9.03. The van der Waals surface area contributed by atoms with E-state index in [0.717, 1.165) is 0 Å². The first-order valence-electron chi connectivity index (χ1n) is 9.32. The number of amides is 1. The van der Waals surface area contributed by atoms with Crippen molar-refractivity contribution in [3.8, 4) is 5.75 Å². The Morgan fingerprint density at radius 2 is 1.93 bits per heavy atom. The van der Waals surface area contributed by atoms with Crippen LogP contribution in [0.1, 0.15) is 24.3 Å². The van der Waals surface area contributed by atoms with Crippen LogP contribution in [0, 0.1) is 0 Å². The Bertz CT molecular complexity index is 871. The van der Waals surface area contributed by atoms with Gasteiger partial charge in [0.15, 0.2) is 0 Å². The fourth-order valence-corrected chi connectivity index (χ4v) is 3.21. The zero-order chi connectivity index (χ0) is 20.8. The van der Waals surface area contributed by atoms with Crippen LogP contribution in [0.4, 0.5) is 0 Å². The van der Waals surface area contributed by atoms with E-state index in [2.05, 4.69) is 0 Å². The van der Waals surface area contributed by atoms with E-state index in [-0.39, 0.29) is 37.7 Å². The van der Waals surface area contributed by atoms with Crippen molar-refractivity contribution in [1.82, 2.24) is 4.90 Å². The van der Waals surface area contributed by atoms with Crippen LogP contribution in [0.15, 0.2) is 52.7 Å². The number of likely N-dealkylation sites (tertiary alicyclic amines) is 1. The Morgan fingerprint density at radius 1 is 1.17 bits per heavy atom. The number of furan rings is 1. The van der Waals surface area contributed by atoms with Crippen molar-refractivity contribution < 1.29 is 33.7 Å². The first-order chi connectivity index (χ1) is 14.1. The van der Waals surface area contributed by atoms with Crippen LogP contribution in [0.5, 0.6) is 5.75 Å². The molecule has 0 saturated carbocycles. The Labute approximate surface area is 168 Å². The van der Waals surface area contributed by atoms with Gasteiger partial charge in [0, 0.05) is 12.1 Å². The number of aliphatic hydroxyl groups is 2. The molecule has 0 radical (unpaired) electrons. The number of rotatable bonds is 9. The minimum Gasteiger partial charge on any atom is -0.507 e. The molecule has 1 aromatic carbocycles. The summed E-state index contributed by atoms with van der Waals surface area (Å²) in [5.41, 5.74) is 0.343. The summed E-state index contributed by atoms with van der Waals surface area (Å²) in [5, 5.41) is 19.7. The normalized spacial score (nSPS) is 18.4. The van der Waals surface area contributed by atoms with Crippen molar-refractivity contribution in [2.24, 2.45) is 0 Å². The number of hydrogen-bond acceptors (Lipinski definition) is 7. The molecule has 1 aliphatic heterocycles. The molecule has 29 heavy (non-hydrogen) atoms. The minimum atomic E-state index is -0.866. The second-order valence-electron chi connectivity index (χ2n) is 6.30. The maximum absolute atomic E-state index is 12.7. The lowest BCUT2D eigenvalue weighted by Gasteiger charge is -2.23. The highest BCUT2D eigenvalue weighted by molar-refractivity contribution is 6.46. The lowest BCUT2D eigenvalue weighted by atomic mass is 9.99. The Hall–Kier alpha value is -3.10. The summed E-state index contributed by atoms with van der Waals surface area (Å²) >= 11 is 0. The number of benzene rings is 1. The van der Waals surface area contributed by atoms with Gasteiger partial charge < -0.3 is 29.0 Å². The summed E-state index contributed by atoms with van der Waals surface area (Å²) < 4.78 is 16.1. The number of ether oxygens (including phenoxy) is 2. The van der Waals surface area contributed by atoms with Gasteiger partial charge in [-0.05, 0) is 43.3 Å². The van der Waals surface area contributed by atoms with Crippen LogP contribution in [0.3, 0.4) is 0 Å². The van der Waals surface area contributed by atoms with E-state index in [1.807, 2.05) is 6.92 Å². The summed E-state index contributed by atoms with van der Waals surface area (Å²) in [6.07, 6.45) is 1.44. The molecular formula is C21H23NO7. The minimum absolute atomic E-state index is 0.0451. The molecule has 0 aliphatic carbocycles. The molecule has 154 valence electrons. The third-order valence-corrected chi connectivity index (χ3v) is 4.50. The zero-order valence-electron chi connectivity index (χ0n) is 16.0. The average molecular weight is 401 g/mol. The highest BCUT2D eigenvalue weighted by Gasteiger charge is 2.47. The lowest BCUT2D eigenvalue weighted by Crippen LogP contribution is -2.33. The number of carbonyl (C=O) groups excluding carboxylic acids is 2. The zero-order valence-corrected chi connectivity index (χ0v) is 16.0. The molecule has 1 aliphatic rings. The van der Waals surface area contributed by atoms with Gasteiger partial charge >= 0.3 is 0 Å². The van der Waals surface area contributed by atoms with Crippen molar-refractivity contribution in [2.75, 3.05) is 33.0 Å². The molecule has 2 N–H and O–H groups in total. The van der Waals surface area contributed by atoms with Gasteiger partial charge in [-0.2, -0.15) is 0 Å². The monoisotopic (exact) mass is 401 g/mol. The summed E-state index contributed by atoms with van der Waals surface area (Å²) in [5.74, 6) is -0.829. The quantitative estimate of drug-likeness (QED) is 0.287. The molecular weight excluding hydrogens is 378 g/mol. The Balaban J connectivity index is 1.97.